The van der Waals surface area contributed by atoms with Crippen molar-refractivity contribution in [3.8, 4) is 11.5 Å². The summed E-state index contributed by atoms with van der Waals surface area (Å²) < 4.78 is 11.3. The van der Waals surface area contributed by atoms with Gasteiger partial charge in [0.2, 0.25) is 5.91 Å². The molecule has 0 spiro atoms. The highest BCUT2D eigenvalue weighted by atomic mass is 16.5. The molecule has 0 saturated heterocycles. The molecule has 0 aliphatic carbocycles. The SMILES string of the molecule is CCNC(=NCc1cccc(C(N)=O)c1)NCC(C)Oc1ccccc1OC. The van der Waals surface area contributed by atoms with E-state index in [1.165, 1.54) is 0 Å². The number of methoxy groups -OCH3 is 1. The molecule has 150 valence electrons. The molecule has 1 atom stereocenters. The number of nitrogens with one attached hydrogen (secondary N) is 2. The number of nitrogens with two attached hydrogens (primary N) is 1. The summed E-state index contributed by atoms with van der Waals surface area (Å²) in [5.41, 5.74) is 6.71. The van der Waals surface area contributed by atoms with Gasteiger partial charge in [0.15, 0.2) is 17.5 Å². The first kappa shape index (κ1) is 21.1. The Hall–Kier alpha value is -3.22. The third kappa shape index (κ3) is 6.50. The number of primary amides is 1. The molecule has 0 aliphatic rings. The second-order valence-corrected chi connectivity index (χ2v) is 6.22. The van der Waals surface area contributed by atoms with Gasteiger partial charge in [0, 0.05) is 12.1 Å². The van der Waals surface area contributed by atoms with Gasteiger partial charge in [-0.25, -0.2) is 4.99 Å². The highest BCUT2D eigenvalue weighted by Gasteiger charge is 2.09. The zero-order chi connectivity index (χ0) is 20.4. The molecule has 0 heterocycles. The molecule has 4 N–H and O–H groups in total. The number of nitrogens with zero attached hydrogens (tertiary/aromatic N) is 1. The van der Waals surface area contributed by atoms with Crippen molar-refractivity contribution in [1.29, 1.82) is 0 Å². The minimum absolute atomic E-state index is 0.0988. The van der Waals surface area contributed by atoms with E-state index in [0.29, 0.717) is 36.1 Å². The van der Waals surface area contributed by atoms with Crippen LogP contribution in [0.1, 0.15) is 29.8 Å². The lowest BCUT2D eigenvalue weighted by Crippen LogP contribution is -2.41. The summed E-state index contributed by atoms with van der Waals surface area (Å²) in [6.45, 7) is 5.69. The summed E-state index contributed by atoms with van der Waals surface area (Å²) in [5.74, 6) is 1.62. The molecule has 0 bridgehead atoms. The van der Waals surface area contributed by atoms with Gasteiger partial charge in [0.25, 0.3) is 0 Å². The molecular formula is C21H28N4O3. The van der Waals surface area contributed by atoms with E-state index in [2.05, 4.69) is 15.6 Å². The Labute approximate surface area is 165 Å². The molecule has 0 aliphatic heterocycles. The quantitative estimate of drug-likeness (QED) is 0.455. The maximum Gasteiger partial charge on any atom is 0.248 e. The highest BCUT2D eigenvalue weighted by molar-refractivity contribution is 5.92. The van der Waals surface area contributed by atoms with Crippen molar-refractivity contribution in [2.24, 2.45) is 10.7 Å². The molecule has 1 amide bonds. The third-order valence-corrected chi connectivity index (χ3v) is 3.93. The number of carbonyl (C=O) groups excluding carboxylic acids is 1. The van der Waals surface area contributed by atoms with E-state index in [9.17, 15) is 4.79 Å². The molecule has 7 nitrogen and oxygen atoms in total. The second-order valence-electron chi connectivity index (χ2n) is 6.22. The fourth-order valence-corrected chi connectivity index (χ4v) is 2.55. The fraction of sp³-hybridized carbons (Fsp3) is 0.333. The number of aliphatic imine (C=N–C) groups is 1. The van der Waals surface area contributed by atoms with E-state index in [0.717, 1.165) is 12.1 Å². The lowest BCUT2D eigenvalue weighted by Gasteiger charge is -2.19. The van der Waals surface area contributed by atoms with Crippen LogP contribution in [-0.2, 0) is 6.54 Å². The van der Waals surface area contributed by atoms with Gasteiger partial charge >= 0.3 is 0 Å². The fourth-order valence-electron chi connectivity index (χ4n) is 2.55. The molecule has 7 heteroatoms. The normalized spacial score (nSPS) is 12.2. The van der Waals surface area contributed by atoms with Gasteiger partial charge in [-0.15, -0.1) is 0 Å². The van der Waals surface area contributed by atoms with Crippen molar-refractivity contribution >= 4 is 11.9 Å². The summed E-state index contributed by atoms with van der Waals surface area (Å²) in [5, 5.41) is 6.47. The predicted molar refractivity (Wildman–Crippen MR) is 111 cm³/mol. The number of hydrogen-bond donors (Lipinski definition) is 3. The number of amides is 1. The number of ether oxygens (including phenoxy) is 2. The van der Waals surface area contributed by atoms with Crippen molar-refractivity contribution in [2.75, 3.05) is 20.2 Å². The predicted octanol–water partition coefficient (Wildman–Crippen LogP) is 2.32. The highest BCUT2D eigenvalue weighted by Crippen LogP contribution is 2.26. The molecule has 28 heavy (non-hydrogen) atoms. The number of carbonyl (C=O) groups is 1. The summed E-state index contributed by atoms with van der Waals surface area (Å²) in [6, 6.07) is 14.7. The van der Waals surface area contributed by atoms with Crippen LogP contribution in [0.2, 0.25) is 0 Å². The average Bonchev–Trinajstić information content (AvgIpc) is 2.70. The number of benzene rings is 2. The molecule has 2 aromatic rings. The lowest BCUT2D eigenvalue weighted by molar-refractivity contribution is 0.1000. The number of para-hydroxylation sites is 2. The molecule has 2 aromatic carbocycles. The molecule has 1 unspecified atom stereocenters. The lowest BCUT2D eigenvalue weighted by atomic mass is 10.1. The molecule has 0 fully saturated rings. The van der Waals surface area contributed by atoms with Gasteiger partial charge < -0.3 is 25.8 Å². The van der Waals surface area contributed by atoms with Crippen molar-refractivity contribution in [2.45, 2.75) is 26.5 Å². The van der Waals surface area contributed by atoms with Crippen LogP contribution in [0.5, 0.6) is 11.5 Å². The summed E-state index contributed by atoms with van der Waals surface area (Å²) in [4.78, 5) is 15.9. The topological polar surface area (TPSA) is 98.0 Å². The minimum Gasteiger partial charge on any atom is -0.493 e. The van der Waals surface area contributed by atoms with Crippen LogP contribution in [0.3, 0.4) is 0 Å². The monoisotopic (exact) mass is 384 g/mol. The number of rotatable bonds is 9. The average molecular weight is 384 g/mol. The molecular weight excluding hydrogens is 356 g/mol. The Balaban J connectivity index is 1.95. The van der Waals surface area contributed by atoms with E-state index in [-0.39, 0.29) is 6.10 Å². The van der Waals surface area contributed by atoms with Gasteiger partial charge in [-0.05, 0) is 43.7 Å². The molecule has 0 radical (unpaired) electrons. The van der Waals surface area contributed by atoms with Crippen molar-refractivity contribution in [3.05, 3.63) is 59.7 Å². The smallest absolute Gasteiger partial charge is 0.248 e. The Morgan fingerprint density at radius 1 is 1.14 bits per heavy atom. The van der Waals surface area contributed by atoms with Gasteiger partial charge in [-0.3, -0.25) is 4.79 Å². The Bertz CT molecular complexity index is 808. The van der Waals surface area contributed by atoms with E-state index < -0.39 is 5.91 Å². The summed E-state index contributed by atoms with van der Waals surface area (Å²) >= 11 is 0. The minimum atomic E-state index is -0.446. The van der Waals surface area contributed by atoms with Crippen LogP contribution in [0.15, 0.2) is 53.5 Å². The van der Waals surface area contributed by atoms with Crippen LogP contribution in [0, 0.1) is 0 Å². The molecule has 2 rings (SSSR count). The molecule has 0 aromatic heterocycles. The number of hydrogen-bond acceptors (Lipinski definition) is 4. The van der Waals surface area contributed by atoms with Gasteiger partial charge in [-0.1, -0.05) is 24.3 Å². The van der Waals surface area contributed by atoms with Crippen LogP contribution in [0.4, 0.5) is 0 Å². The standard InChI is InChI=1S/C21H28N4O3/c1-4-23-21(25-14-16-8-7-9-17(12-16)20(22)26)24-13-15(2)28-19-11-6-5-10-18(19)27-3/h5-12,15H,4,13-14H2,1-3H3,(H2,22,26)(H2,23,24,25). The first-order valence-electron chi connectivity index (χ1n) is 9.24. The zero-order valence-corrected chi connectivity index (χ0v) is 16.6. The van der Waals surface area contributed by atoms with Crippen LogP contribution in [-0.4, -0.2) is 38.2 Å². The number of guanidine groups is 1. The maximum atomic E-state index is 11.3. The van der Waals surface area contributed by atoms with Crippen LogP contribution < -0.4 is 25.8 Å². The third-order valence-electron chi connectivity index (χ3n) is 3.93. The van der Waals surface area contributed by atoms with Crippen molar-refractivity contribution in [3.63, 3.8) is 0 Å². The van der Waals surface area contributed by atoms with E-state index in [1.54, 1.807) is 25.3 Å². The largest absolute Gasteiger partial charge is 0.493 e. The maximum absolute atomic E-state index is 11.3. The first-order chi connectivity index (χ1) is 13.5. The van der Waals surface area contributed by atoms with Crippen LogP contribution >= 0.6 is 0 Å². The molecule has 0 saturated carbocycles. The second kappa shape index (κ2) is 10.8. The Morgan fingerprint density at radius 2 is 1.89 bits per heavy atom. The van der Waals surface area contributed by atoms with E-state index in [1.807, 2.05) is 44.2 Å². The Morgan fingerprint density at radius 3 is 2.57 bits per heavy atom. The van der Waals surface area contributed by atoms with Gasteiger partial charge in [0.1, 0.15) is 6.10 Å². The van der Waals surface area contributed by atoms with Crippen LogP contribution in [0.25, 0.3) is 0 Å². The summed E-state index contributed by atoms with van der Waals surface area (Å²) in [6.07, 6.45) is -0.0988. The van der Waals surface area contributed by atoms with Gasteiger partial charge in [-0.2, -0.15) is 0 Å². The zero-order valence-electron chi connectivity index (χ0n) is 16.6. The van der Waals surface area contributed by atoms with Gasteiger partial charge in [0.05, 0.1) is 20.2 Å². The summed E-state index contributed by atoms with van der Waals surface area (Å²) in [7, 11) is 1.62. The van der Waals surface area contributed by atoms with E-state index in [4.69, 9.17) is 15.2 Å². The van der Waals surface area contributed by atoms with Crippen molar-refractivity contribution in [1.82, 2.24) is 10.6 Å². The first-order valence-corrected chi connectivity index (χ1v) is 9.24. The van der Waals surface area contributed by atoms with Crippen molar-refractivity contribution < 1.29 is 14.3 Å². The van der Waals surface area contributed by atoms with E-state index >= 15 is 0 Å². The Kier molecular flexibility index (Phi) is 8.14.